The van der Waals surface area contributed by atoms with E-state index in [9.17, 15) is 0 Å². The first-order valence-electron chi connectivity index (χ1n) is 11.9. The van der Waals surface area contributed by atoms with Gasteiger partial charge in [0.05, 0.1) is 25.5 Å². The predicted molar refractivity (Wildman–Crippen MR) is 136 cm³/mol. The third-order valence-electron chi connectivity index (χ3n) is 6.70. The topological polar surface area (TPSA) is 60.7 Å². The van der Waals surface area contributed by atoms with Gasteiger partial charge in [0.2, 0.25) is 0 Å². The van der Waals surface area contributed by atoms with Crippen molar-refractivity contribution >= 4 is 11.5 Å². The molecular weight excluding hydrogens is 424 g/mol. The van der Waals surface area contributed by atoms with Crippen LogP contribution >= 0.6 is 0 Å². The van der Waals surface area contributed by atoms with Gasteiger partial charge in [0, 0.05) is 23.9 Å². The lowest BCUT2D eigenvalue weighted by Gasteiger charge is -2.22. The van der Waals surface area contributed by atoms with E-state index in [1.807, 2.05) is 10.6 Å². The number of ether oxygens (including phenoxy) is 2. The van der Waals surface area contributed by atoms with E-state index < -0.39 is 0 Å². The molecule has 1 N–H and O–H groups in total. The first kappa shape index (κ1) is 22.4. The van der Waals surface area contributed by atoms with Crippen molar-refractivity contribution in [1.29, 1.82) is 0 Å². The van der Waals surface area contributed by atoms with Crippen LogP contribution in [0.15, 0.2) is 48.5 Å². The van der Waals surface area contributed by atoms with Gasteiger partial charge < -0.3 is 14.8 Å². The highest BCUT2D eigenvalue weighted by molar-refractivity contribution is 5.83. The molecular formula is C28H32N4O2. The van der Waals surface area contributed by atoms with E-state index in [0.29, 0.717) is 6.61 Å². The number of fused-ring (bicyclic) bond motifs is 2. The van der Waals surface area contributed by atoms with Gasteiger partial charge in [0.25, 0.3) is 0 Å². The molecule has 1 aliphatic carbocycles. The van der Waals surface area contributed by atoms with Crippen LogP contribution in [0.3, 0.4) is 0 Å². The van der Waals surface area contributed by atoms with Gasteiger partial charge in [0.1, 0.15) is 11.6 Å². The summed E-state index contributed by atoms with van der Waals surface area (Å²) in [6.45, 7) is 4.79. The average molecular weight is 457 g/mol. The van der Waals surface area contributed by atoms with Crippen molar-refractivity contribution in [2.45, 2.75) is 45.6 Å². The third-order valence-corrected chi connectivity index (χ3v) is 6.70. The van der Waals surface area contributed by atoms with Crippen LogP contribution in [-0.4, -0.2) is 41.5 Å². The Morgan fingerprint density at radius 3 is 2.62 bits per heavy atom. The summed E-state index contributed by atoms with van der Waals surface area (Å²) in [6.07, 6.45) is 4.01. The van der Waals surface area contributed by atoms with E-state index in [1.54, 1.807) is 14.2 Å². The van der Waals surface area contributed by atoms with Crippen molar-refractivity contribution in [3.63, 3.8) is 0 Å². The molecule has 0 fully saturated rings. The standard InChI is InChI=1S/C28H32N4O2/c1-18-15-22(34-4)13-14-23(18)26-19(2)31-32-27(24-11-8-12-25(24)30-28(26)32)29-21(17-33-3)16-20-9-6-5-7-10-20/h5-7,9-10,13-15,21,29H,8,11-12,16-17H2,1-4H3/t21-/m0/s1. The number of benzene rings is 2. The Hall–Kier alpha value is -3.38. The smallest absolute Gasteiger partial charge is 0.165 e. The maximum absolute atomic E-state index is 5.60. The quantitative estimate of drug-likeness (QED) is 0.396. The summed E-state index contributed by atoms with van der Waals surface area (Å²) in [5.41, 5.74) is 9.00. The number of aryl methyl sites for hydroxylation is 3. The Morgan fingerprint density at radius 1 is 1.06 bits per heavy atom. The Labute approximate surface area is 200 Å². The number of hydrogen-bond acceptors (Lipinski definition) is 5. The number of methoxy groups -OCH3 is 2. The van der Waals surface area contributed by atoms with E-state index >= 15 is 0 Å². The molecule has 2 aromatic heterocycles. The summed E-state index contributed by atoms with van der Waals surface area (Å²) in [7, 11) is 3.46. The van der Waals surface area contributed by atoms with Gasteiger partial charge in [-0.2, -0.15) is 9.61 Å². The molecule has 0 amide bonds. The second-order valence-electron chi connectivity index (χ2n) is 9.10. The Balaban J connectivity index is 1.61. The van der Waals surface area contributed by atoms with E-state index in [0.717, 1.165) is 65.3 Å². The largest absolute Gasteiger partial charge is 0.497 e. The molecule has 6 nitrogen and oxygen atoms in total. The van der Waals surface area contributed by atoms with Crippen molar-refractivity contribution < 1.29 is 9.47 Å². The predicted octanol–water partition coefficient (Wildman–Crippen LogP) is 5.18. The van der Waals surface area contributed by atoms with Crippen molar-refractivity contribution in [3.8, 4) is 16.9 Å². The molecule has 0 saturated carbocycles. The lowest BCUT2D eigenvalue weighted by molar-refractivity contribution is 0.185. The molecule has 2 aromatic carbocycles. The lowest BCUT2D eigenvalue weighted by Crippen LogP contribution is -2.29. The second kappa shape index (κ2) is 9.47. The van der Waals surface area contributed by atoms with Crippen molar-refractivity contribution in [2.75, 3.05) is 26.1 Å². The van der Waals surface area contributed by atoms with Crippen molar-refractivity contribution in [2.24, 2.45) is 0 Å². The Kier molecular flexibility index (Phi) is 6.24. The first-order valence-corrected chi connectivity index (χ1v) is 11.9. The van der Waals surface area contributed by atoms with E-state index in [2.05, 4.69) is 61.6 Å². The zero-order chi connectivity index (χ0) is 23.7. The number of nitrogens with zero attached hydrogens (tertiary/aromatic N) is 3. The summed E-state index contributed by atoms with van der Waals surface area (Å²) >= 11 is 0. The van der Waals surface area contributed by atoms with E-state index in [1.165, 1.54) is 16.8 Å². The maximum Gasteiger partial charge on any atom is 0.165 e. The fraction of sp³-hybridized carbons (Fsp3) is 0.357. The van der Waals surface area contributed by atoms with Gasteiger partial charge in [0.15, 0.2) is 5.65 Å². The molecule has 0 unspecified atom stereocenters. The van der Waals surface area contributed by atoms with Crippen LogP contribution in [0, 0.1) is 13.8 Å². The van der Waals surface area contributed by atoms with Crippen LogP contribution in [0.25, 0.3) is 16.8 Å². The summed E-state index contributed by atoms with van der Waals surface area (Å²) in [4.78, 5) is 5.13. The zero-order valence-corrected chi connectivity index (χ0v) is 20.4. The molecule has 5 rings (SSSR count). The van der Waals surface area contributed by atoms with Crippen LogP contribution in [0.1, 0.15) is 34.5 Å². The fourth-order valence-electron chi connectivity index (χ4n) is 5.09. The molecule has 176 valence electrons. The summed E-state index contributed by atoms with van der Waals surface area (Å²) in [5.74, 6) is 1.91. The molecule has 0 radical (unpaired) electrons. The van der Waals surface area contributed by atoms with Gasteiger partial charge >= 0.3 is 0 Å². The number of aromatic nitrogens is 3. The minimum absolute atomic E-state index is 0.123. The molecule has 6 heteroatoms. The minimum atomic E-state index is 0.123. The number of hydrogen-bond donors (Lipinski definition) is 1. The van der Waals surface area contributed by atoms with Crippen LogP contribution in [0.2, 0.25) is 0 Å². The van der Waals surface area contributed by atoms with Gasteiger partial charge in [-0.3, -0.25) is 0 Å². The normalized spacial score (nSPS) is 13.8. The van der Waals surface area contributed by atoms with Gasteiger partial charge in [-0.1, -0.05) is 36.4 Å². The first-order chi connectivity index (χ1) is 16.6. The highest BCUT2D eigenvalue weighted by atomic mass is 16.5. The van der Waals surface area contributed by atoms with Gasteiger partial charge in [-0.05, 0) is 68.4 Å². The Bertz CT molecular complexity index is 1310. The van der Waals surface area contributed by atoms with Gasteiger partial charge in [-0.15, -0.1) is 0 Å². The highest BCUT2D eigenvalue weighted by Crippen LogP contribution is 2.36. The van der Waals surface area contributed by atoms with Crippen molar-refractivity contribution in [3.05, 3.63) is 76.6 Å². The molecule has 1 atom stereocenters. The SMILES string of the molecule is COC[C@H](Cc1ccccc1)Nc1c2c(nc3c(-c4ccc(OC)cc4C)c(C)nn13)CCC2. The molecule has 1 aliphatic rings. The fourth-order valence-corrected chi connectivity index (χ4v) is 5.09. The maximum atomic E-state index is 5.60. The second-order valence-corrected chi connectivity index (χ2v) is 9.10. The van der Waals surface area contributed by atoms with Crippen molar-refractivity contribution in [1.82, 2.24) is 14.6 Å². The number of anilines is 1. The molecule has 0 saturated heterocycles. The molecule has 2 heterocycles. The molecule has 0 bridgehead atoms. The van der Waals surface area contributed by atoms with E-state index in [4.69, 9.17) is 19.6 Å². The molecule has 0 aliphatic heterocycles. The molecule has 4 aromatic rings. The van der Waals surface area contributed by atoms with Crippen LogP contribution < -0.4 is 10.1 Å². The number of rotatable bonds is 8. The van der Waals surface area contributed by atoms with Crippen LogP contribution in [-0.2, 0) is 24.0 Å². The third kappa shape index (κ3) is 4.14. The number of nitrogens with one attached hydrogen (secondary N) is 1. The molecule has 34 heavy (non-hydrogen) atoms. The average Bonchev–Trinajstić information content (AvgIpc) is 3.43. The highest BCUT2D eigenvalue weighted by Gasteiger charge is 2.26. The summed E-state index contributed by atoms with van der Waals surface area (Å²) in [6, 6.07) is 16.9. The Morgan fingerprint density at radius 2 is 1.88 bits per heavy atom. The monoisotopic (exact) mass is 456 g/mol. The van der Waals surface area contributed by atoms with Crippen LogP contribution in [0.5, 0.6) is 5.75 Å². The lowest BCUT2D eigenvalue weighted by atomic mass is 10.0. The summed E-state index contributed by atoms with van der Waals surface area (Å²) in [5, 5.41) is 8.80. The van der Waals surface area contributed by atoms with E-state index in [-0.39, 0.29) is 6.04 Å². The zero-order valence-electron chi connectivity index (χ0n) is 20.4. The van der Waals surface area contributed by atoms with Crippen LogP contribution in [0.4, 0.5) is 5.82 Å². The molecule has 0 spiro atoms. The van der Waals surface area contributed by atoms with Gasteiger partial charge in [-0.25, -0.2) is 4.98 Å². The minimum Gasteiger partial charge on any atom is -0.497 e. The summed E-state index contributed by atoms with van der Waals surface area (Å²) < 4.78 is 13.0.